The fraction of sp³-hybridized carbons (Fsp3) is 0.448. The second-order valence-electron chi connectivity index (χ2n) is 10.1. The maximum Gasteiger partial charge on any atom is 0.0938 e. The minimum absolute atomic E-state index is 0.121. The first kappa shape index (κ1) is 23.8. The van der Waals surface area contributed by atoms with Crippen molar-refractivity contribution < 1.29 is 9.84 Å². The van der Waals surface area contributed by atoms with Crippen molar-refractivity contribution in [2.45, 2.75) is 37.6 Å². The summed E-state index contributed by atoms with van der Waals surface area (Å²) in [5, 5.41) is 15.3. The SMILES string of the molecule is CN1CCN(CC2CC(OCc3cccc(Cl)c3)CCC2(O)c2ccc3ccccc3c2)CC1. The maximum atomic E-state index is 12.2. The molecule has 1 aliphatic heterocycles. The van der Waals surface area contributed by atoms with Gasteiger partial charge in [0, 0.05) is 43.7 Å². The van der Waals surface area contributed by atoms with E-state index in [0.717, 1.165) is 61.7 Å². The Kier molecular flexibility index (Phi) is 7.24. The van der Waals surface area contributed by atoms with Gasteiger partial charge in [-0.15, -0.1) is 0 Å². The molecular formula is C29H35ClN2O2. The van der Waals surface area contributed by atoms with E-state index in [9.17, 15) is 5.11 Å². The van der Waals surface area contributed by atoms with Crippen molar-refractivity contribution in [3.8, 4) is 0 Å². The fourth-order valence-electron chi connectivity index (χ4n) is 5.61. The third-order valence-corrected chi connectivity index (χ3v) is 8.00. The molecule has 1 heterocycles. The monoisotopic (exact) mass is 478 g/mol. The summed E-state index contributed by atoms with van der Waals surface area (Å²) in [4.78, 5) is 4.90. The van der Waals surface area contributed by atoms with Crippen LogP contribution in [0.5, 0.6) is 0 Å². The Hall–Kier alpha value is -1.95. The zero-order valence-corrected chi connectivity index (χ0v) is 20.8. The number of halogens is 1. The number of hydrogen-bond acceptors (Lipinski definition) is 4. The molecule has 1 saturated heterocycles. The van der Waals surface area contributed by atoms with E-state index in [1.54, 1.807) is 0 Å². The van der Waals surface area contributed by atoms with Crippen LogP contribution in [0.2, 0.25) is 5.02 Å². The van der Waals surface area contributed by atoms with Gasteiger partial charge in [0.15, 0.2) is 0 Å². The predicted octanol–water partition coefficient (Wildman–Crippen LogP) is 5.31. The Balaban J connectivity index is 1.36. The lowest BCUT2D eigenvalue weighted by molar-refractivity contribution is -0.114. The Bertz CT molecular complexity index is 1110. The van der Waals surface area contributed by atoms with Crippen molar-refractivity contribution in [2.75, 3.05) is 39.8 Å². The van der Waals surface area contributed by atoms with E-state index in [-0.39, 0.29) is 12.0 Å². The number of fused-ring (bicyclic) bond motifs is 1. The van der Waals surface area contributed by atoms with Gasteiger partial charge in [-0.2, -0.15) is 0 Å². The maximum absolute atomic E-state index is 12.2. The molecule has 2 fully saturated rings. The molecule has 3 unspecified atom stereocenters. The van der Waals surface area contributed by atoms with E-state index in [2.05, 4.69) is 65.4 Å². The van der Waals surface area contributed by atoms with Gasteiger partial charge in [0.1, 0.15) is 0 Å². The van der Waals surface area contributed by atoms with Crippen LogP contribution in [0.25, 0.3) is 10.8 Å². The lowest BCUT2D eigenvalue weighted by atomic mass is 9.70. The van der Waals surface area contributed by atoms with Gasteiger partial charge in [-0.05, 0) is 66.4 Å². The molecule has 3 atom stereocenters. The molecule has 3 aromatic carbocycles. The molecule has 1 aliphatic carbocycles. The average molecular weight is 479 g/mol. The van der Waals surface area contributed by atoms with E-state index >= 15 is 0 Å². The van der Waals surface area contributed by atoms with E-state index in [1.807, 2.05) is 18.2 Å². The number of nitrogens with zero attached hydrogens (tertiary/aromatic N) is 2. The average Bonchev–Trinajstić information content (AvgIpc) is 2.85. The van der Waals surface area contributed by atoms with Crippen LogP contribution in [-0.4, -0.2) is 60.8 Å². The molecule has 34 heavy (non-hydrogen) atoms. The summed E-state index contributed by atoms with van der Waals surface area (Å²) < 4.78 is 6.36. The number of rotatable bonds is 6. The minimum Gasteiger partial charge on any atom is -0.385 e. The lowest BCUT2D eigenvalue weighted by Gasteiger charge is -2.46. The van der Waals surface area contributed by atoms with Crippen LogP contribution >= 0.6 is 11.6 Å². The summed E-state index contributed by atoms with van der Waals surface area (Å²) in [5.74, 6) is 0.121. The molecule has 0 radical (unpaired) electrons. The van der Waals surface area contributed by atoms with E-state index in [0.29, 0.717) is 13.0 Å². The molecule has 1 N–H and O–H groups in total. The summed E-state index contributed by atoms with van der Waals surface area (Å²) in [7, 11) is 2.18. The van der Waals surface area contributed by atoms with Crippen LogP contribution in [0.3, 0.4) is 0 Å². The van der Waals surface area contributed by atoms with E-state index in [4.69, 9.17) is 16.3 Å². The molecule has 0 amide bonds. The zero-order valence-electron chi connectivity index (χ0n) is 20.0. The van der Waals surface area contributed by atoms with Crippen LogP contribution in [0.1, 0.15) is 30.4 Å². The highest BCUT2D eigenvalue weighted by Crippen LogP contribution is 2.44. The highest BCUT2D eigenvalue weighted by atomic mass is 35.5. The van der Waals surface area contributed by atoms with Crippen LogP contribution in [0.15, 0.2) is 66.7 Å². The van der Waals surface area contributed by atoms with Crippen LogP contribution in [-0.2, 0) is 16.9 Å². The minimum atomic E-state index is -0.844. The highest BCUT2D eigenvalue weighted by molar-refractivity contribution is 6.30. The van der Waals surface area contributed by atoms with Gasteiger partial charge < -0.3 is 19.6 Å². The fourth-order valence-corrected chi connectivity index (χ4v) is 5.83. The number of likely N-dealkylation sites (N-methyl/N-ethyl adjacent to an activating group) is 1. The van der Waals surface area contributed by atoms with Crippen LogP contribution in [0.4, 0.5) is 0 Å². The molecule has 1 saturated carbocycles. The predicted molar refractivity (Wildman–Crippen MR) is 139 cm³/mol. The van der Waals surface area contributed by atoms with E-state index < -0.39 is 5.60 Å². The molecule has 0 spiro atoms. The molecule has 180 valence electrons. The summed E-state index contributed by atoms with van der Waals surface area (Å²) in [6.07, 6.45) is 2.56. The number of hydrogen-bond donors (Lipinski definition) is 1. The lowest BCUT2D eigenvalue weighted by Crippen LogP contribution is -2.52. The van der Waals surface area contributed by atoms with Crippen molar-refractivity contribution in [2.24, 2.45) is 5.92 Å². The summed E-state index contributed by atoms with van der Waals surface area (Å²) in [6.45, 7) is 5.71. The third-order valence-electron chi connectivity index (χ3n) is 7.77. The van der Waals surface area contributed by atoms with Gasteiger partial charge in [0.05, 0.1) is 18.3 Å². The first-order chi connectivity index (χ1) is 16.5. The summed E-state index contributed by atoms with van der Waals surface area (Å²) in [6, 6.07) is 22.8. The second-order valence-corrected chi connectivity index (χ2v) is 10.6. The van der Waals surface area contributed by atoms with Crippen molar-refractivity contribution in [1.82, 2.24) is 9.80 Å². The van der Waals surface area contributed by atoms with Gasteiger partial charge in [-0.25, -0.2) is 0 Å². The number of ether oxygens (including phenoxy) is 1. The van der Waals surface area contributed by atoms with Crippen molar-refractivity contribution in [3.63, 3.8) is 0 Å². The molecule has 5 heteroatoms. The number of piperazine rings is 1. The topological polar surface area (TPSA) is 35.9 Å². The van der Waals surface area contributed by atoms with Crippen molar-refractivity contribution >= 4 is 22.4 Å². The third kappa shape index (κ3) is 5.32. The van der Waals surface area contributed by atoms with Gasteiger partial charge in [-0.1, -0.05) is 60.1 Å². The first-order valence-corrected chi connectivity index (χ1v) is 12.9. The molecule has 3 aromatic rings. The smallest absolute Gasteiger partial charge is 0.0938 e. The van der Waals surface area contributed by atoms with Crippen LogP contribution in [0, 0.1) is 5.92 Å². The quantitative estimate of drug-likeness (QED) is 0.520. The summed E-state index contributed by atoms with van der Waals surface area (Å²) >= 11 is 6.16. The van der Waals surface area contributed by atoms with E-state index in [1.165, 1.54) is 10.8 Å². The van der Waals surface area contributed by atoms with Crippen molar-refractivity contribution in [3.05, 3.63) is 82.9 Å². The molecule has 2 aliphatic rings. The summed E-state index contributed by atoms with van der Waals surface area (Å²) in [5.41, 5.74) is 1.29. The standard InChI is InChI=1S/C29H35ClN2O2/c1-31-13-15-32(16-14-31)20-26-19-28(34-21-22-5-4-8-27(30)17-22)11-12-29(26,33)25-10-9-23-6-2-3-7-24(23)18-25/h2-10,17-18,26,28,33H,11-16,19-21H2,1H3. The highest BCUT2D eigenvalue weighted by Gasteiger charge is 2.44. The Morgan fingerprint density at radius 2 is 1.76 bits per heavy atom. The Morgan fingerprint density at radius 1 is 0.971 bits per heavy atom. The largest absolute Gasteiger partial charge is 0.385 e. The van der Waals surface area contributed by atoms with Gasteiger partial charge in [-0.3, -0.25) is 0 Å². The number of aliphatic hydroxyl groups is 1. The van der Waals surface area contributed by atoms with Gasteiger partial charge in [0.2, 0.25) is 0 Å². The first-order valence-electron chi connectivity index (χ1n) is 12.5. The molecule has 0 bridgehead atoms. The molecule has 0 aromatic heterocycles. The second kappa shape index (κ2) is 10.3. The van der Waals surface area contributed by atoms with Gasteiger partial charge in [0.25, 0.3) is 0 Å². The molecule has 4 nitrogen and oxygen atoms in total. The van der Waals surface area contributed by atoms with Gasteiger partial charge >= 0.3 is 0 Å². The van der Waals surface area contributed by atoms with Crippen molar-refractivity contribution in [1.29, 1.82) is 0 Å². The molecule has 5 rings (SSSR count). The van der Waals surface area contributed by atoms with Crippen LogP contribution < -0.4 is 0 Å². The number of benzene rings is 3. The normalized spacial score (nSPS) is 26.7. The molecular weight excluding hydrogens is 444 g/mol. The zero-order chi connectivity index (χ0) is 23.5. The Morgan fingerprint density at radius 3 is 2.56 bits per heavy atom. The Labute approximate surface area is 208 Å².